The number of likely N-dealkylation sites (N-methyl/N-ethyl adjacent to an activating group) is 1. The van der Waals surface area contributed by atoms with E-state index in [9.17, 15) is 8.42 Å². The average molecular weight is 266 g/mol. The van der Waals surface area contributed by atoms with Crippen molar-refractivity contribution in [1.29, 1.82) is 0 Å². The monoisotopic (exact) mass is 266 g/mol. The summed E-state index contributed by atoms with van der Waals surface area (Å²) in [5.74, 6) is 0.243. The molecule has 1 atom stereocenters. The maximum absolute atomic E-state index is 11.0. The van der Waals surface area contributed by atoms with E-state index in [0.29, 0.717) is 12.5 Å². The van der Waals surface area contributed by atoms with Crippen LogP contribution in [0.5, 0.6) is 0 Å². The van der Waals surface area contributed by atoms with Crippen LogP contribution in [0.3, 0.4) is 0 Å². The van der Waals surface area contributed by atoms with Gasteiger partial charge in [0.25, 0.3) is 0 Å². The Balaban J connectivity index is 4.10. The molecule has 5 nitrogen and oxygen atoms in total. The smallest absolute Gasteiger partial charge is 0.147 e. The van der Waals surface area contributed by atoms with E-state index in [0.717, 1.165) is 26.1 Å². The SMILES string of the molecule is CCC(CNCO)N(CC)CCCS(C)(=O)=O. The molecule has 0 aromatic rings. The van der Waals surface area contributed by atoms with E-state index in [2.05, 4.69) is 24.1 Å². The summed E-state index contributed by atoms with van der Waals surface area (Å²) in [6, 6.07) is 0.353. The van der Waals surface area contributed by atoms with Crippen molar-refractivity contribution in [3.63, 3.8) is 0 Å². The Morgan fingerprint density at radius 1 is 1.35 bits per heavy atom. The molecule has 0 aromatic heterocycles. The van der Waals surface area contributed by atoms with Gasteiger partial charge in [0.1, 0.15) is 9.84 Å². The quantitative estimate of drug-likeness (QED) is 0.547. The summed E-state index contributed by atoms with van der Waals surface area (Å²) < 4.78 is 22.1. The van der Waals surface area contributed by atoms with Gasteiger partial charge in [-0.15, -0.1) is 0 Å². The molecule has 0 spiro atoms. The van der Waals surface area contributed by atoms with Gasteiger partial charge < -0.3 is 5.11 Å². The fourth-order valence-corrected chi connectivity index (χ4v) is 2.54. The first-order valence-electron chi connectivity index (χ1n) is 6.17. The average Bonchev–Trinajstić information content (AvgIpc) is 2.25. The third-order valence-corrected chi connectivity index (χ3v) is 3.88. The molecule has 1 unspecified atom stereocenters. The van der Waals surface area contributed by atoms with Gasteiger partial charge in [-0.25, -0.2) is 8.42 Å². The first-order valence-corrected chi connectivity index (χ1v) is 8.24. The second kappa shape index (κ2) is 8.85. The van der Waals surface area contributed by atoms with E-state index in [4.69, 9.17) is 5.11 Å². The summed E-state index contributed by atoms with van der Waals surface area (Å²) in [5, 5.41) is 11.7. The van der Waals surface area contributed by atoms with Crippen LogP contribution >= 0.6 is 0 Å². The Hall–Kier alpha value is -0.170. The van der Waals surface area contributed by atoms with Crippen LogP contribution in [-0.4, -0.2) is 62.8 Å². The van der Waals surface area contributed by atoms with Crippen LogP contribution in [0, 0.1) is 0 Å². The number of sulfone groups is 1. The van der Waals surface area contributed by atoms with Crippen molar-refractivity contribution in [2.45, 2.75) is 32.7 Å². The van der Waals surface area contributed by atoms with E-state index in [-0.39, 0.29) is 12.5 Å². The van der Waals surface area contributed by atoms with E-state index >= 15 is 0 Å². The molecular weight excluding hydrogens is 240 g/mol. The largest absolute Gasteiger partial charge is 0.381 e. The topological polar surface area (TPSA) is 69.6 Å². The second-order valence-corrected chi connectivity index (χ2v) is 6.55. The molecule has 0 rings (SSSR count). The molecule has 0 aliphatic rings. The van der Waals surface area contributed by atoms with Crippen molar-refractivity contribution in [2.24, 2.45) is 0 Å². The Morgan fingerprint density at radius 3 is 2.41 bits per heavy atom. The van der Waals surface area contributed by atoms with Crippen LogP contribution in [0.4, 0.5) is 0 Å². The fourth-order valence-electron chi connectivity index (χ4n) is 1.89. The van der Waals surface area contributed by atoms with Gasteiger partial charge >= 0.3 is 0 Å². The van der Waals surface area contributed by atoms with Gasteiger partial charge in [-0.05, 0) is 25.9 Å². The molecule has 0 amide bonds. The third-order valence-electron chi connectivity index (χ3n) is 2.85. The number of hydrogen-bond donors (Lipinski definition) is 2. The van der Waals surface area contributed by atoms with Crippen molar-refractivity contribution in [1.82, 2.24) is 10.2 Å². The van der Waals surface area contributed by atoms with Crippen LogP contribution in [0.1, 0.15) is 26.7 Å². The van der Waals surface area contributed by atoms with Crippen LogP contribution in [0.2, 0.25) is 0 Å². The summed E-state index contributed by atoms with van der Waals surface area (Å²) in [7, 11) is -2.86. The molecule has 0 saturated carbocycles. The van der Waals surface area contributed by atoms with Gasteiger partial charge in [-0.3, -0.25) is 10.2 Å². The Kier molecular flexibility index (Phi) is 8.77. The molecule has 6 heteroatoms. The summed E-state index contributed by atoms with van der Waals surface area (Å²) >= 11 is 0. The number of aliphatic hydroxyl groups is 1. The van der Waals surface area contributed by atoms with E-state index in [1.54, 1.807) is 0 Å². The van der Waals surface area contributed by atoms with Gasteiger partial charge in [0.05, 0.1) is 12.5 Å². The number of nitrogens with one attached hydrogen (secondary N) is 1. The van der Waals surface area contributed by atoms with Gasteiger partial charge in [0.2, 0.25) is 0 Å². The van der Waals surface area contributed by atoms with Crippen molar-refractivity contribution < 1.29 is 13.5 Å². The van der Waals surface area contributed by atoms with Gasteiger partial charge in [0.15, 0.2) is 0 Å². The van der Waals surface area contributed by atoms with Crippen molar-refractivity contribution in [3.8, 4) is 0 Å². The third kappa shape index (κ3) is 8.54. The lowest BCUT2D eigenvalue weighted by molar-refractivity contribution is 0.177. The molecule has 0 fully saturated rings. The minimum Gasteiger partial charge on any atom is -0.381 e. The lowest BCUT2D eigenvalue weighted by atomic mass is 10.2. The highest BCUT2D eigenvalue weighted by molar-refractivity contribution is 7.90. The highest BCUT2D eigenvalue weighted by Crippen LogP contribution is 2.05. The molecule has 0 bridgehead atoms. The van der Waals surface area contributed by atoms with E-state index < -0.39 is 9.84 Å². The Morgan fingerprint density at radius 2 is 2.00 bits per heavy atom. The predicted molar refractivity (Wildman–Crippen MR) is 70.7 cm³/mol. The van der Waals surface area contributed by atoms with Gasteiger partial charge in [0, 0.05) is 18.8 Å². The van der Waals surface area contributed by atoms with Crippen LogP contribution < -0.4 is 5.32 Å². The summed E-state index contributed by atoms with van der Waals surface area (Å²) in [6.07, 6.45) is 2.93. The van der Waals surface area contributed by atoms with Crippen molar-refractivity contribution >= 4 is 9.84 Å². The minimum absolute atomic E-state index is 0.0165. The minimum atomic E-state index is -2.86. The fraction of sp³-hybridized carbons (Fsp3) is 1.00. The first-order chi connectivity index (χ1) is 7.94. The van der Waals surface area contributed by atoms with Crippen molar-refractivity contribution in [3.05, 3.63) is 0 Å². The standard InChI is InChI=1S/C11H26N2O3S/c1-4-11(9-12-10-14)13(5-2)7-6-8-17(3,15)16/h11-12,14H,4-10H2,1-3H3. The molecular formula is C11H26N2O3S. The molecule has 0 aliphatic heterocycles. The molecule has 104 valence electrons. The number of aliphatic hydroxyl groups excluding tert-OH is 1. The maximum atomic E-state index is 11.0. The molecule has 0 aliphatic carbocycles. The number of rotatable bonds is 10. The molecule has 0 heterocycles. The van der Waals surface area contributed by atoms with Crippen LogP contribution in [0.25, 0.3) is 0 Å². The summed E-state index contributed by atoms with van der Waals surface area (Å²) in [6.45, 7) is 6.58. The zero-order valence-electron chi connectivity index (χ0n) is 11.1. The van der Waals surface area contributed by atoms with Crippen LogP contribution in [-0.2, 0) is 9.84 Å². The molecule has 0 aromatic carbocycles. The zero-order valence-corrected chi connectivity index (χ0v) is 12.0. The lowest BCUT2D eigenvalue weighted by Gasteiger charge is -2.30. The Labute approximate surface area is 105 Å². The summed E-state index contributed by atoms with van der Waals surface area (Å²) in [4.78, 5) is 2.26. The highest BCUT2D eigenvalue weighted by Gasteiger charge is 2.15. The van der Waals surface area contributed by atoms with Gasteiger partial charge in [-0.2, -0.15) is 0 Å². The molecule has 0 saturated heterocycles. The second-order valence-electron chi connectivity index (χ2n) is 4.29. The van der Waals surface area contributed by atoms with Crippen LogP contribution in [0.15, 0.2) is 0 Å². The Bertz CT molecular complexity index is 280. The van der Waals surface area contributed by atoms with Crippen molar-refractivity contribution in [2.75, 3.05) is 38.4 Å². The molecule has 2 N–H and O–H groups in total. The normalized spacial score (nSPS) is 14.2. The van der Waals surface area contributed by atoms with Gasteiger partial charge in [-0.1, -0.05) is 13.8 Å². The maximum Gasteiger partial charge on any atom is 0.147 e. The number of nitrogens with zero attached hydrogens (tertiary/aromatic N) is 1. The summed E-state index contributed by atoms with van der Waals surface area (Å²) in [5.41, 5.74) is 0. The zero-order chi connectivity index (χ0) is 13.3. The number of hydrogen-bond acceptors (Lipinski definition) is 5. The predicted octanol–water partition coefficient (Wildman–Crippen LogP) is 0.0610. The van der Waals surface area contributed by atoms with E-state index in [1.807, 2.05) is 0 Å². The van der Waals surface area contributed by atoms with E-state index in [1.165, 1.54) is 6.26 Å². The highest BCUT2D eigenvalue weighted by atomic mass is 32.2. The molecule has 0 radical (unpaired) electrons. The lowest BCUT2D eigenvalue weighted by Crippen LogP contribution is -2.43. The molecule has 17 heavy (non-hydrogen) atoms. The first kappa shape index (κ1) is 16.8.